The summed E-state index contributed by atoms with van der Waals surface area (Å²) in [6, 6.07) is 10.9. The van der Waals surface area contributed by atoms with Gasteiger partial charge in [0, 0.05) is 29.6 Å². The molecular formula is C22H25N5O4. The maximum absolute atomic E-state index is 12.7. The maximum Gasteiger partial charge on any atom is 0.278 e. The Morgan fingerprint density at radius 1 is 0.968 bits per heavy atom. The third kappa shape index (κ3) is 5.19. The van der Waals surface area contributed by atoms with Gasteiger partial charge in [0.05, 0.1) is 19.9 Å². The Morgan fingerprint density at radius 3 is 2.29 bits per heavy atom. The molecular weight excluding hydrogens is 398 g/mol. The third-order valence-corrected chi connectivity index (χ3v) is 4.77. The van der Waals surface area contributed by atoms with E-state index in [4.69, 9.17) is 9.47 Å². The molecule has 0 spiro atoms. The second-order valence-electron chi connectivity index (χ2n) is 7.10. The van der Waals surface area contributed by atoms with E-state index in [0.717, 1.165) is 11.1 Å². The van der Waals surface area contributed by atoms with E-state index in [-0.39, 0.29) is 24.1 Å². The second-order valence-corrected chi connectivity index (χ2v) is 7.10. The highest BCUT2D eigenvalue weighted by atomic mass is 16.5. The molecule has 0 aliphatic rings. The minimum atomic E-state index is -0.379. The van der Waals surface area contributed by atoms with Crippen LogP contribution in [0.3, 0.4) is 0 Å². The van der Waals surface area contributed by atoms with E-state index in [1.165, 1.54) is 18.9 Å². The van der Waals surface area contributed by atoms with Crippen LogP contribution in [-0.4, -0.2) is 41.0 Å². The van der Waals surface area contributed by atoms with Gasteiger partial charge in [-0.1, -0.05) is 17.3 Å². The molecule has 0 aliphatic carbocycles. The van der Waals surface area contributed by atoms with Gasteiger partial charge >= 0.3 is 0 Å². The molecule has 3 rings (SSSR count). The minimum Gasteiger partial charge on any atom is -0.497 e. The third-order valence-electron chi connectivity index (χ3n) is 4.77. The smallest absolute Gasteiger partial charge is 0.278 e. The number of nitrogens with zero attached hydrogens (tertiary/aromatic N) is 3. The molecule has 0 radical (unpaired) electrons. The Labute approximate surface area is 180 Å². The molecule has 9 heteroatoms. The van der Waals surface area contributed by atoms with Gasteiger partial charge in [-0.2, -0.15) is 0 Å². The van der Waals surface area contributed by atoms with Crippen LogP contribution in [0.5, 0.6) is 11.5 Å². The van der Waals surface area contributed by atoms with Gasteiger partial charge in [0.25, 0.3) is 5.91 Å². The van der Waals surface area contributed by atoms with E-state index in [2.05, 4.69) is 20.9 Å². The number of aryl methyl sites for hydroxylation is 2. The molecule has 162 valence electrons. The molecule has 0 aliphatic heterocycles. The lowest BCUT2D eigenvalue weighted by molar-refractivity contribution is -0.117. The molecule has 1 heterocycles. The number of nitrogens with one attached hydrogen (secondary N) is 2. The van der Waals surface area contributed by atoms with Crippen molar-refractivity contribution in [2.24, 2.45) is 0 Å². The van der Waals surface area contributed by atoms with Crippen LogP contribution in [0, 0.1) is 20.8 Å². The molecule has 0 unspecified atom stereocenters. The molecule has 31 heavy (non-hydrogen) atoms. The van der Waals surface area contributed by atoms with E-state index in [1.807, 2.05) is 32.0 Å². The van der Waals surface area contributed by atoms with E-state index in [1.54, 1.807) is 25.1 Å². The number of anilines is 2. The fraction of sp³-hybridized carbons (Fsp3) is 0.273. The summed E-state index contributed by atoms with van der Waals surface area (Å²) in [5.41, 5.74) is 3.86. The fourth-order valence-corrected chi connectivity index (χ4v) is 2.99. The Balaban J connectivity index is 1.70. The number of benzene rings is 2. The number of hydrogen-bond donors (Lipinski definition) is 2. The number of hydrogen-bond acceptors (Lipinski definition) is 6. The quantitative estimate of drug-likeness (QED) is 0.605. The Morgan fingerprint density at radius 2 is 1.65 bits per heavy atom. The van der Waals surface area contributed by atoms with Crippen molar-refractivity contribution in [3.05, 3.63) is 58.9 Å². The van der Waals surface area contributed by atoms with Crippen molar-refractivity contribution in [3.8, 4) is 11.5 Å². The van der Waals surface area contributed by atoms with Crippen LogP contribution >= 0.6 is 0 Å². The average Bonchev–Trinajstić information content (AvgIpc) is 3.10. The van der Waals surface area contributed by atoms with Crippen molar-refractivity contribution in [1.82, 2.24) is 15.0 Å². The zero-order valence-electron chi connectivity index (χ0n) is 18.1. The van der Waals surface area contributed by atoms with Gasteiger partial charge < -0.3 is 20.1 Å². The highest BCUT2D eigenvalue weighted by Gasteiger charge is 2.19. The topological polar surface area (TPSA) is 107 Å². The first-order valence-electron chi connectivity index (χ1n) is 9.62. The largest absolute Gasteiger partial charge is 0.497 e. The van der Waals surface area contributed by atoms with Crippen molar-refractivity contribution in [1.29, 1.82) is 0 Å². The lowest BCUT2D eigenvalue weighted by Gasteiger charge is -2.10. The Hall–Kier alpha value is -3.88. The Kier molecular flexibility index (Phi) is 6.54. The van der Waals surface area contributed by atoms with Crippen molar-refractivity contribution < 1.29 is 19.1 Å². The normalized spacial score (nSPS) is 10.5. The van der Waals surface area contributed by atoms with Crippen LogP contribution in [0.15, 0.2) is 36.4 Å². The number of rotatable bonds is 7. The van der Waals surface area contributed by atoms with Crippen LogP contribution < -0.4 is 20.1 Å². The molecule has 0 bridgehead atoms. The highest BCUT2D eigenvalue weighted by Crippen LogP contribution is 2.25. The minimum absolute atomic E-state index is 0.102. The summed E-state index contributed by atoms with van der Waals surface area (Å²) in [5, 5.41) is 13.6. The molecule has 1 aromatic heterocycles. The van der Waals surface area contributed by atoms with E-state index in [9.17, 15) is 9.59 Å². The standard InChI is InChI=1S/C22H25N5O4/c1-13-6-7-14(2)19(8-13)24-22(29)21-15(3)27(26-25-21)12-20(28)23-16-9-17(30-4)11-18(10-16)31-5/h6-11H,12H2,1-5H3,(H,23,28)(H,24,29). The summed E-state index contributed by atoms with van der Waals surface area (Å²) in [7, 11) is 3.06. The van der Waals surface area contributed by atoms with Gasteiger partial charge in [-0.3, -0.25) is 9.59 Å². The summed E-state index contributed by atoms with van der Waals surface area (Å²) in [5.74, 6) is 0.397. The predicted octanol–water partition coefficient (Wildman–Crippen LogP) is 3.11. The number of carbonyl (C=O) groups excluding carboxylic acids is 2. The fourth-order valence-electron chi connectivity index (χ4n) is 2.99. The molecule has 9 nitrogen and oxygen atoms in total. The zero-order valence-corrected chi connectivity index (χ0v) is 18.1. The van der Waals surface area contributed by atoms with Crippen LogP contribution in [0.4, 0.5) is 11.4 Å². The first-order chi connectivity index (χ1) is 14.8. The van der Waals surface area contributed by atoms with Crippen molar-refractivity contribution >= 4 is 23.2 Å². The first kappa shape index (κ1) is 21.8. The van der Waals surface area contributed by atoms with Gasteiger partial charge in [0.15, 0.2) is 5.69 Å². The number of carbonyl (C=O) groups is 2. The summed E-state index contributed by atoms with van der Waals surface area (Å²) in [4.78, 5) is 25.2. The molecule has 0 fully saturated rings. The van der Waals surface area contributed by atoms with Gasteiger partial charge in [-0.25, -0.2) is 4.68 Å². The number of amides is 2. The molecule has 0 saturated heterocycles. The van der Waals surface area contributed by atoms with E-state index < -0.39 is 0 Å². The van der Waals surface area contributed by atoms with E-state index >= 15 is 0 Å². The lowest BCUT2D eigenvalue weighted by Crippen LogP contribution is -2.21. The molecule has 0 saturated carbocycles. The van der Waals surface area contributed by atoms with Crippen molar-refractivity contribution in [3.63, 3.8) is 0 Å². The van der Waals surface area contributed by atoms with Gasteiger partial charge in [0.2, 0.25) is 5.91 Å². The van der Waals surface area contributed by atoms with Crippen molar-refractivity contribution in [2.45, 2.75) is 27.3 Å². The maximum atomic E-state index is 12.7. The molecule has 2 amide bonds. The second kappa shape index (κ2) is 9.29. The highest BCUT2D eigenvalue weighted by molar-refractivity contribution is 6.04. The molecule has 0 atom stereocenters. The average molecular weight is 423 g/mol. The van der Waals surface area contributed by atoms with Crippen LogP contribution in [0.25, 0.3) is 0 Å². The monoisotopic (exact) mass is 423 g/mol. The summed E-state index contributed by atoms with van der Waals surface area (Å²) >= 11 is 0. The predicted molar refractivity (Wildman–Crippen MR) is 117 cm³/mol. The van der Waals surface area contributed by atoms with Crippen LogP contribution in [0.1, 0.15) is 27.3 Å². The van der Waals surface area contributed by atoms with Gasteiger partial charge in [-0.05, 0) is 38.0 Å². The van der Waals surface area contributed by atoms with E-state index in [0.29, 0.717) is 28.6 Å². The lowest BCUT2D eigenvalue weighted by atomic mass is 10.1. The SMILES string of the molecule is COc1cc(NC(=O)Cn2nnc(C(=O)Nc3cc(C)ccc3C)c2C)cc(OC)c1. The van der Waals surface area contributed by atoms with Gasteiger partial charge in [0.1, 0.15) is 18.0 Å². The zero-order chi connectivity index (χ0) is 22.5. The summed E-state index contributed by atoms with van der Waals surface area (Å²) in [6.07, 6.45) is 0. The van der Waals surface area contributed by atoms with Crippen LogP contribution in [-0.2, 0) is 11.3 Å². The molecule has 2 N–H and O–H groups in total. The van der Waals surface area contributed by atoms with Crippen LogP contribution in [0.2, 0.25) is 0 Å². The number of aromatic nitrogens is 3. The molecule has 3 aromatic rings. The Bertz CT molecular complexity index is 1100. The van der Waals surface area contributed by atoms with Crippen molar-refractivity contribution in [2.75, 3.05) is 24.9 Å². The molecule has 2 aromatic carbocycles. The number of ether oxygens (including phenoxy) is 2. The number of methoxy groups -OCH3 is 2. The summed E-state index contributed by atoms with van der Waals surface area (Å²) < 4.78 is 11.8. The van der Waals surface area contributed by atoms with Gasteiger partial charge in [-0.15, -0.1) is 5.10 Å². The first-order valence-corrected chi connectivity index (χ1v) is 9.62. The summed E-state index contributed by atoms with van der Waals surface area (Å²) in [6.45, 7) is 5.46.